The van der Waals surface area contributed by atoms with Crippen LogP contribution in [0.5, 0.6) is 5.75 Å². The van der Waals surface area contributed by atoms with Crippen molar-refractivity contribution in [3.05, 3.63) is 77.7 Å². The van der Waals surface area contributed by atoms with E-state index in [9.17, 15) is 5.11 Å². The van der Waals surface area contributed by atoms with Gasteiger partial charge >= 0.3 is 0 Å². The first-order valence-corrected chi connectivity index (χ1v) is 15.6. The summed E-state index contributed by atoms with van der Waals surface area (Å²) in [6, 6.07) is 7.88. The fourth-order valence-corrected chi connectivity index (χ4v) is 5.43. The molecule has 1 aromatic carbocycles. The van der Waals surface area contributed by atoms with Crippen molar-refractivity contribution in [2.75, 3.05) is 27.9 Å². The van der Waals surface area contributed by atoms with Gasteiger partial charge < -0.3 is 37.6 Å². The van der Waals surface area contributed by atoms with Crippen LogP contribution >= 0.6 is 0 Å². The van der Waals surface area contributed by atoms with Gasteiger partial charge in [0.05, 0.1) is 25.9 Å². The molecule has 3 aromatic rings. The number of benzene rings is 1. The maximum atomic E-state index is 9.19. The molecule has 0 amide bonds. The van der Waals surface area contributed by atoms with Gasteiger partial charge in [-0.2, -0.15) is 0 Å². The lowest BCUT2D eigenvalue weighted by molar-refractivity contribution is -0.284. The average molecular weight is 625 g/mol. The van der Waals surface area contributed by atoms with Crippen molar-refractivity contribution < 1.29 is 37.6 Å². The number of rotatable bonds is 17. The second-order valence-electron chi connectivity index (χ2n) is 11.8. The van der Waals surface area contributed by atoms with Gasteiger partial charge in [-0.15, -0.1) is 0 Å². The number of aryl methyl sites for hydroxylation is 1. The molecule has 5 atom stereocenters. The summed E-state index contributed by atoms with van der Waals surface area (Å²) in [7, 11) is 4.96. The van der Waals surface area contributed by atoms with Crippen molar-refractivity contribution in [2.24, 2.45) is 5.92 Å². The first kappa shape index (κ1) is 34.6. The molecular formula is C35H48N2O8. The van der Waals surface area contributed by atoms with Crippen LogP contribution < -0.4 is 4.74 Å². The second kappa shape index (κ2) is 16.9. The Labute approximate surface area is 266 Å². The van der Waals surface area contributed by atoms with E-state index in [1.165, 1.54) is 5.57 Å². The Morgan fingerprint density at radius 3 is 2.62 bits per heavy atom. The van der Waals surface area contributed by atoms with Crippen molar-refractivity contribution in [2.45, 2.75) is 90.0 Å². The van der Waals surface area contributed by atoms with E-state index in [1.807, 2.05) is 38.1 Å². The molecule has 246 valence electrons. The maximum absolute atomic E-state index is 9.19. The van der Waals surface area contributed by atoms with Gasteiger partial charge in [-0.3, -0.25) is 0 Å². The smallest absolute Gasteiger partial charge is 0.248 e. The lowest BCUT2D eigenvalue weighted by Crippen LogP contribution is -2.46. The Bertz CT molecular complexity index is 1360. The molecule has 0 spiro atoms. The molecule has 4 rings (SSSR count). The number of aliphatic hydroxyl groups is 1. The van der Waals surface area contributed by atoms with E-state index in [4.69, 9.17) is 32.5 Å². The minimum absolute atomic E-state index is 0.0555. The molecule has 0 bridgehead atoms. The Hall–Kier alpha value is -3.28. The Morgan fingerprint density at radius 1 is 1.11 bits per heavy atom. The monoisotopic (exact) mass is 624 g/mol. The molecular weight excluding hydrogens is 576 g/mol. The fraction of sp³-hybridized carbons (Fsp3) is 0.543. The summed E-state index contributed by atoms with van der Waals surface area (Å²) < 4.78 is 41.0. The van der Waals surface area contributed by atoms with E-state index >= 15 is 0 Å². The van der Waals surface area contributed by atoms with Crippen molar-refractivity contribution in [3.8, 4) is 17.3 Å². The summed E-state index contributed by atoms with van der Waals surface area (Å²) in [4.78, 5) is 9.25. The molecule has 10 heteroatoms. The number of hydrogen-bond donors (Lipinski definition) is 1. The van der Waals surface area contributed by atoms with Crippen LogP contribution in [-0.2, 0) is 32.0 Å². The van der Waals surface area contributed by atoms with E-state index < -0.39 is 5.79 Å². The number of ether oxygens (including phenoxy) is 5. The first-order valence-electron chi connectivity index (χ1n) is 15.6. The van der Waals surface area contributed by atoms with E-state index in [0.29, 0.717) is 55.5 Å². The Balaban J connectivity index is 1.31. The fourth-order valence-electron chi connectivity index (χ4n) is 5.43. The Morgan fingerprint density at radius 2 is 1.91 bits per heavy atom. The van der Waals surface area contributed by atoms with Gasteiger partial charge in [-0.05, 0) is 50.3 Å². The molecule has 0 aliphatic carbocycles. The summed E-state index contributed by atoms with van der Waals surface area (Å²) in [6.07, 6.45) is 13.1. The topological polar surface area (TPSA) is 118 Å². The number of aromatic nitrogens is 2. The van der Waals surface area contributed by atoms with Crippen LogP contribution in [0.2, 0.25) is 0 Å². The highest BCUT2D eigenvalue weighted by molar-refractivity contribution is 5.44. The van der Waals surface area contributed by atoms with Crippen LogP contribution in [0.15, 0.2) is 69.4 Å². The van der Waals surface area contributed by atoms with Crippen LogP contribution in [-0.4, -0.2) is 61.0 Å². The van der Waals surface area contributed by atoms with Crippen LogP contribution in [0.1, 0.15) is 76.1 Å². The molecule has 10 nitrogen and oxygen atoms in total. The second-order valence-corrected chi connectivity index (χ2v) is 11.8. The van der Waals surface area contributed by atoms with Crippen molar-refractivity contribution in [1.82, 2.24) is 9.97 Å². The zero-order valence-electron chi connectivity index (χ0n) is 27.4. The molecule has 1 N–H and O–H groups in total. The molecule has 0 unspecified atom stereocenters. The molecule has 1 aliphatic rings. The third kappa shape index (κ3) is 10.4. The van der Waals surface area contributed by atoms with Gasteiger partial charge in [0.1, 0.15) is 30.1 Å². The van der Waals surface area contributed by atoms with Crippen molar-refractivity contribution in [1.29, 1.82) is 0 Å². The van der Waals surface area contributed by atoms with Crippen LogP contribution in [0, 0.1) is 5.92 Å². The molecule has 1 saturated heterocycles. The molecule has 2 aromatic heterocycles. The van der Waals surface area contributed by atoms with E-state index in [1.54, 1.807) is 33.9 Å². The van der Waals surface area contributed by atoms with Gasteiger partial charge in [0.2, 0.25) is 5.89 Å². The number of methoxy groups -OCH3 is 3. The zero-order valence-corrected chi connectivity index (χ0v) is 27.4. The molecule has 1 aliphatic heterocycles. The number of nitrogens with zero attached hydrogens (tertiary/aromatic N) is 2. The summed E-state index contributed by atoms with van der Waals surface area (Å²) in [5.74, 6) is 1.21. The highest BCUT2D eigenvalue weighted by Gasteiger charge is 2.40. The maximum Gasteiger partial charge on any atom is 0.248 e. The minimum Gasteiger partial charge on any atom is -0.497 e. The molecule has 0 saturated carbocycles. The van der Waals surface area contributed by atoms with Crippen LogP contribution in [0.25, 0.3) is 11.6 Å². The quantitative estimate of drug-likeness (QED) is 0.157. The zero-order chi connectivity index (χ0) is 32.2. The van der Waals surface area contributed by atoms with Crippen LogP contribution in [0.4, 0.5) is 0 Å². The third-order valence-electron chi connectivity index (χ3n) is 7.99. The number of oxazole rings is 2. The molecule has 1 fully saturated rings. The molecule has 3 heterocycles. The van der Waals surface area contributed by atoms with E-state index in [0.717, 1.165) is 24.2 Å². The van der Waals surface area contributed by atoms with Gasteiger partial charge in [0.15, 0.2) is 17.4 Å². The van der Waals surface area contributed by atoms with E-state index in [2.05, 4.69) is 35.1 Å². The van der Waals surface area contributed by atoms with E-state index in [-0.39, 0.29) is 30.8 Å². The van der Waals surface area contributed by atoms with Crippen LogP contribution in [0.3, 0.4) is 0 Å². The first-order chi connectivity index (χ1) is 21.7. The predicted molar refractivity (Wildman–Crippen MR) is 170 cm³/mol. The van der Waals surface area contributed by atoms with Gasteiger partial charge in [0.25, 0.3) is 0 Å². The highest BCUT2D eigenvalue weighted by atomic mass is 16.7. The van der Waals surface area contributed by atoms with Crippen molar-refractivity contribution in [3.63, 3.8) is 0 Å². The lowest BCUT2D eigenvalue weighted by Gasteiger charge is -2.42. The summed E-state index contributed by atoms with van der Waals surface area (Å²) in [5.41, 5.74) is 3.51. The summed E-state index contributed by atoms with van der Waals surface area (Å²) in [5, 5.41) is 9.19. The normalized spacial score (nSPS) is 22.2. The molecule has 45 heavy (non-hydrogen) atoms. The lowest BCUT2D eigenvalue weighted by atomic mass is 9.95. The number of hydrogen-bond acceptors (Lipinski definition) is 10. The number of aliphatic hydroxyl groups excluding tert-OH is 1. The largest absolute Gasteiger partial charge is 0.497 e. The molecule has 0 radical (unpaired) electrons. The summed E-state index contributed by atoms with van der Waals surface area (Å²) >= 11 is 0. The summed E-state index contributed by atoms with van der Waals surface area (Å²) in [6.45, 7) is 6.66. The van der Waals surface area contributed by atoms with Gasteiger partial charge in [0, 0.05) is 46.5 Å². The average Bonchev–Trinajstić information content (AvgIpc) is 3.73. The predicted octanol–water partition coefficient (Wildman–Crippen LogP) is 7.00. The third-order valence-corrected chi connectivity index (χ3v) is 7.99. The minimum atomic E-state index is -0.777. The van der Waals surface area contributed by atoms with Gasteiger partial charge in [-0.1, -0.05) is 42.9 Å². The highest BCUT2D eigenvalue weighted by Crippen LogP contribution is 2.36. The van der Waals surface area contributed by atoms with Crippen molar-refractivity contribution >= 4 is 0 Å². The number of allylic oxidation sites excluding steroid dienone is 3. The standard InChI is InChI=1S/C35H48N2O8/c1-24(16-25(2)20-38)10-8-7-9-11-33-36-31(23-43-33)34-37-30(22-44-34)32(40-5)18-28-17-29(19-35(3,41-6)45-28)42-21-26-12-14-27(39-4)15-13-26/h7-8,12-16,22-23,25,28-29,32,38H,9-11,17-21H2,1-6H3/b8-7+,24-16-/t25-,28-,29-,32-,35-/m1/s1. The van der Waals surface area contributed by atoms with Gasteiger partial charge in [-0.25, -0.2) is 9.97 Å². The SMILES string of the molecule is COc1ccc(CO[C@@H]2C[C@H](C[C@@H](OC)c3coc(-c4coc(CC/C=C/C/C(C)=C\[C@@H](C)CO)n4)n3)O[C@@](C)(OC)C2)cc1. The Kier molecular flexibility index (Phi) is 13.0.